The zero-order valence-corrected chi connectivity index (χ0v) is 15.9. The molecule has 6 heteroatoms. The third-order valence-electron chi connectivity index (χ3n) is 5.50. The number of hydrogen-bond acceptors (Lipinski definition) is 4. The van der Waals surface area contributed by atoms with Crippen molar-refractivity contribution >= 4 is 6.03 Å². The Kier molecular flexibility index (Phi) is 6.88. The summed E-state index contributed by atoms with van der Waals surface area (Å²) in [5.74, 6) is 0.482. The van der Waals surface area contributed by atoms with E-state index in [4.69, 9.17) is 9.47 Å². The van der Waals surface area contributed by atoms with Crippen molar-refractivity contribution < 1.29 is 14.3 Å². The van der Waals surface area contributed by atoms with E-state index in [1.54, 1.807) is 4.90 Å². The summed E-state index contributed by atoms with van der Waals surface area (Å²) in [5.41, 5.74) is 2.39. The molecule has 1 N–H and O–H groups in total. The first kappa shape index (κ1) is 19.1. The number of nitrogens with one attached hydrogen (secondary N) is 1. The van der Waals surface area contributed by atoms with E-state index in [0.29, 0.717) is 25.0 Å². The van der Waals surface area contributed by atoms with Crippen LogP contribution in [0, 0.1) is 12.8 Å². The predicted octanol–water partition coefficient (Wildman–Crippen LogP) is 1.87. The summed E-state index contributed by atoms with van der Waals surface area (Å²) in [5, 5.41) is 3.15. The molecule has 2 saturated heterocycles. The average molecular weight is 361 g/mol. The fourth-order valence-electron chi connectivity index (χ4n) is 3.80. The number of carbonyl (C=O) groups is 1. The first-order valence-electron chi connectivity index (χ1n) is 9.58. The average Bonchev–Trinajstić information content (AvgIpc) is 3.19. The molecule has 0 radical (unpaired) electrons. The zero-order valence-electron chi connectivity index (χ0n) is 15.9. The largest absolute Gasteiger partial charge is 0.381 e. The molecule has 2 heterocycles. The van der Waals surface area contributed by atoms with E-state index in [9.17, 15) is 4.79 Å². The van der Waals surface area contributed by atoms with Crippen LogP contribution in [0.5, 0.6) is 0 Å². The van der Waals surface area contributed by atoms with Gasteiger partial charge in [-0.15, -0.1) is 0 Å². The van der Waals surface area contributed by atoms with Crippen LogP contribution in [0.2, 0.25) is 0 Å². The van der Waals surface area contributed by atoms with Gasteiger partial charge in [0.2, 0.25) is 0 Å². The van der Waals surface area contributed by atoms with Crippen LogP contribution >= 0.6 is 0 Å². The van der Waals surface area contributed by atoms with Crippen molar-refractivity contribution in [3.05, 3.63) is 35.4 Å². The van der Waals surface area contributed by atoms with Gasteiger partial charge >= 0.3 is 6.03 Å². The quantitative estimate of drug-likeness (QED) is 0.841. The monoisotopic (exact) mass is 361 g/mol. The minimum atomic E-state index is -0.0228. The smallest absolute Gasteiger partial charge is 0.317 e. The Bertz CT molecular complexity index is 583. The molecule has 2 atom stereocenters. The Balaban J connectivity index is 1.55. The van der Waals surface area contributed by atoms with E-state index in [-0.39, 0.29) is 6.03 Å². The van der Waals surface area contributed by atoms with Gasteiger partial charge in [-0.2, -0.15) is 0 Å². The molecule has 0 aromatic heterocycles. The molecule has 3 rings (SSSR count). The molecule has 2 amide bonds. The number of amides is 2. The maximum atomic E-state index is 12.6. The molecule has 6 nitrogen and oxygen atoms in total. The fourth-order valence-corrected chi connectivity index (χ4v) is 3.80. The Morgan fingerprint density at radius 1 is 1.27 bits per heavy atom. The van der Waals surface area contributed by atoms with Crippen molar-refractivity contribution in [2.24, 2.45) is 5.92 Å². The lowest BCUT2D eigenvalue weighted by Crippen LogP contribution is -2.53. The molecule has 2 unspecified atom stereocenters. The van der Waals surface area contributed by atoms with Crippen molar-refractivity contribution in [3.63, 3.8) is 0 Å². The summed E-state index contributed by atoms with van der Waals surface area (Å²) in [7, 11) is 1.85. The van der Waals surface area contributed by atoms with Crippen LogP contribution in [0.1, 0.15) is 17.5 Å². The van der Waals surface area contributed by atoms with Crippen LogP contribution in [0.4, 0.5) is 4.79 Å². The number of urea groups is 1. The summed E-state index contributed by atoms with van der Waals surface area (Å²) >= 11 is 0. The van der Waals surface area contributed by atoms with Crippen molar-refractivity contribution in [3.8, 4) is 0 Å². The van der Waals surface area contributed by atoms with Crippen LogP contribution in [0.3, 0.4) is 0 Å². The molecule has 0 spiro atoms. The maximum absolute atomic E-state index is 12.6. The number of benzene rings is 1. The van der Waals surface area contributed by atoms with Crippen LogP contribution in [-0.2, 0) is 16.0 Å². The minimum Gasteiger partial charge on any atom is -0.381 e. The van der Waals surface area contributed by atoms with Crippen LogP contribution in [0.25, 0.3) is 0 Å². The zero-order chi connectivity index (χ0) is 18.4. The van der Waals surface area contributed by atoms with Crippen molar-refractivity contribution in [2.45, 2.75) is 25.9 Å². The molecular weight excluding hydrogens is 330 g/mol. The molecule has 2 aliphatic heterocycles. The van der Waals surface area contributed by atoms with Gasteiger partial charge in [0.15, 0.2) is 0 Å². The van der Waals surface area contributed by atoms with E-state index < -0.39 is 0 Å². The Morgan fingerprint density at radius 2 is 2.04 bits per heavy atom. The number of ether oxygens (including phenoxy) is 2. The van der Waals surface area contributed by atoms with E-state index in [2.05, 4.69) is 29.3 Å². The maximum Gasteiger partial charge on any atom is 0.317 e. The Hall–Kier alpha value is -1.63. The van der Waals surface area contributed by atoms with Crippen LogP contribution < -0.4 is 5.32 Å². The predicted molar refractivity (Wildman–Crippen MR) is 101 cm³/mol. The van der Waals surface area contributed by atoms with Gasteiger partial charge in [-0.3, -0.25) is 4.90 Å². The highest BCUT2D eigenvalue weighted by atomic mass is 16.5. The molecule has 0 bridgehead atoms. The fraction of sp³-hybridized carbons (Fsp3) is 0.650. The number of nitrogens with zero attached hydrogens (tertiary/aromatic N) is 2. The first-order chi connectivity index (χ1) is 12.6. The third kappa shape index (κ3) is 4.96. The number of rotatable bonds is 6. The number of hydrogen-bond donors (Lipinski definition) is 1. The van der Waals surface area contributed by atoms with Crippen LogP contribution in [0.15, 0.2) is 24.3 Å². The summed E-state index contributed by atoms with van der Waals surface area (Å²) in [6, 6.07) is 8.49. The summed E-state index contributed by atoms with van der Waals surface area (Å²) in [4.78, 5) is 16.8. The highest BCUT2D eigenvalue weighted by molar-refractivity contribution is 5.73. The second kappa shape index (κ2) is 9.35. The summed E-state index contributed by atoms with van der Waals surface area (Å²) in [6.07, 6.45) is 1.07. The third-order valence-corrected chi connectivity index (χ3v) is 5.50. The SMILES string of the molecule is Cc1ccccc1CN(C)C(=O)NCC(C1CCOC1)N1CCOCC1. The van der Waals surface area contributed by atoms with Gasteiger partial charge in [0.05, 0.1) is 19.8 Å². The van der Waals surface area contributed by atoms with Gasteiger partial charge in [-0.25, -0.2) is 4.79 Å². The molecule has 2 fully saturated rings. The number of aryl methyl sites for hydroxylation is 1. The van der Waals surface area contributed by atoms with E-state index in [0.717, 1.165) is 45.9 Å². The highest BCUT2D eigenvalue weighted by Gasteiger charge is 2.32. The molecule has 1 aromatic rings. The molecule has 26 heavy (non-hydrogen) atoms. The highest BCUT2D eigenvalue weighted by Crippen LogP contribution is 2.22. The lowest BCUT2D eigenvalue weighted by molar-refractivity contribution is 0.00190. The molecule has 2 aliphatic rings. The minimum absolute atomic E-state index is 0.0228. The van der Waals surface area contributed by atoms with Gasteiger partial charge < -0.3 is 19.7 Å². The van der Waals surface area contributed by atoms with Crippen molar-refractivity contribution in [2.75, 3.05) is 53.1 Å². The molecule has 0 saturated carbocycles. The molecular formula is C20H31N3O3. The van der Waals surface area contributed by atoms with Crippen molar-refractivity contribution in [1.29, 1.82) is 0 Å². The Labute approximate surface area is 156 Å². The van der Waals surface area contributed by atoms with E-state index in [1.807, 2.05) is 19.2 Å². The topological polar surface area (TPSA) is 54.0 Å². The lowest BCUT2D eigenvalue weighted by Gasteiger charge is -2.37. The second-order valence-corrected chi connectivity index (χ2v) is 7.31. The van der Waals surface area contributed by atoms with Gasteiger partial charge in [-0.05, 0) is 24.5 Å². The van der Waals surface area contributed by atoms with E-state index in [1.165, 1.54) is 11.1 Å². The van der Waals surface area contributed by atoms with Gasteiger partial charge in [0.25, 0.3) is 0 Å². The summed E-state index contributed by atoms with van der Waals surface area (Å²) < 4.78 is 11.1. The number of morpholine rings is 1. The standard InChI is InChI=1S/C20H31N3O3/c1-16-5-3-4-6-17(16)14-22(2)20(24)21-13-19(18-7-10-26-15-18)23-8-11-25-12-9-23/h3-6,18-19H,7-15H2,1-2H3,(H,21,24). The van der Waals surface area contributed by atoms with Crippen LogP contribution in [-0.4, -0.2) is 75.0 Å². The molecule has 144 valence electrons. The van der Waals surface area contributed by atoms with Gasteiger partial charge in [-0.1, -0.05) is 24.3 Å². The van der Waals surface area contributed by atoms with Crippen molar-refractivity contribution in [1.82, 2.24) is 15.1 Å². The van der Waals surface area contributed by atoms with Gasteiger partial charge in [0, 0.05) is 51.8 Å². The first-order valence-corrected chi connectivity index (χ1v) is 9.58. The lowest BCUT2D eigenvalue weighted by atomic mass is 9.97. The normalized spacial score (nSPS) is 22.2. The summed E-state index contributed by atoms with van der Waals surface area (Å²) in [6.45, 7) is 8.36. The second-order valence-electron chi connectivity index (χ2n) is 7.31. The van der Waals surface area contributed by atoms with E-state index >= 15 is 0 Å². The number of carbonyl (C=O) groups excluding carboxylic acids is 1. The van der Waals surface area contributed by atoms with Gasteiger partial charge in [0.1, 0.15) is 0 Å². The molecule has 0 aliphatic carbocycles. The Morgan fingerprint density at radius 3 is 2.73 bits per heavy atom. The molecule has 1 aromatic carbocycles.